The Bertz CT molecular complexity index is 633. The van der Waals surface area contributed by atoms with Gasteiger partial charge >= 0.3 is 0 Å². The third-order valence-electron chi connectivity index (χ3n) is 3.36. The van der Waals surface area contributed by atoms with Crippen LogP contribution in [0.2, 0.25) is 0 Å². The smallest absolute Gasteiger partial charge is 0.259 e. The van der Waals surface area contributed by atoms with E-state index in [9.17, 15) is 4.79 Å². The van der Waals surface area contributed by atoms with Crippen LogP contribution in [0.15, 0.2) is 59.7 Å². The lowest BCUT2D eigenvalue weighted by atomic mass is 10.1. The van der Waals surface area contributed by atoms with E-state index in [0.717, 1.165) is 23.4 Å². The van der Waals surface area contributed by atoms with Crippen molar-refractivity contribution in [3.05, 3.63) is 65.7 Å². The minimum Gasteiger partial charge on any atom is -0.376 e. The van der Waals surface area contributed by atoms with E-state index in [1.54, 1.807) is 0 Å². The van der Waals surface area contributed by atoms with Crippen molar-refractivity contribution in [1.29, 1.82) is 0 Å². The van der Waals surface area contributed by atoms with Gasteiger partial charge in [-0.3, -0.25) is 4.79 Å². The van der Waals surface area contributed by atoms with Gasteiger partial charge in [-0.1, -0.05) is 49.4 Å². The molecule has 0 spiro atoms. The average molecular weight is 295 g/mol. The molecule has 2 N–H and O–H groups in total. The summed E-state index contributed by atoms with van der Waals surface area (Å²) in [6, 6.07) is 17.8. The molecule has 0 bridgehead atoms. The number of para-hydroxylation sites is 1. The number of nitrogens with zero attached hydrogens (tertiary/aromatic N) is 1. The van der Waals surface area contributed by atoms with Gasteiger partial charge in [-0.25, -0.2) is 5.43 Å². The van der Waals surface area contributed by atoms with Crippen LogP contribution in [0.25, 0.3) is 0 Å². The number of benzene rings is 2. The number of hydrazone groups is 1. The fourth-order valence-corrected chi connectivity index (χ4v) is 1.97. The summed E-state index contributed by atoms with van der Waals surface area (Å²) in [5, 5.41) is 7.18. The highest BCUT2D eigenvalue weighted by atomic mass is 16.2. The molecule has 0 saturated carbocycles. The Morgan fingerprint density at radius 2 is 1.73 bits per heavy atom. The Morgan fingerprint density at radius 1 is 1.05 bits per heavy atom. The minimum atomic E-state index is -0.173. The molecule has 0 aliphatic heterocycles. The fourth-order valence-electron chi connectivity index (χ4n) is 1.97. The van der Waals surface area contributed by atoms with Gasteiger partial charge in [0.2, 0.25) is 0 Å². The summed E-state index contributed by atoms with van der Waals surface area (Å²) in [6.07, 6.45) is 1.01. The van der Waals surface area contributed by atoms with Crippen LogP contribution in [0.4, 0.5) is 5.69 Å². The first kappa shape index (κ1) is 15.8. The second-order valence-corrected chi connectivity index (χ2v) is 5.00. The summed E-state index contributed by atoms with van der Waals surface area (Å²) in [5.41, 5.74) is 6.56. The fraction of sp³-hybridized carbons (Fsp3) is 0.222. The van der Waals surface area contributed by atoms with E-state index in [1.165, 1.54) is 5.56 Å². The molecule has 4 nitrogen and oxygen atoms in total. The van der Waals surface area contributed by atoms with Crippen molar-refractivity contribution in [2.75, 3.05) is 11.9 Å². The van der Waals surface area contributed by atoms with Crippen LogP contribution < -0.4 is 10.7 Å². The van der Waals surface area contributed by atoms with Gasteiger partial charge in [0.05, 0.1) is 12.3 Å². The van der Waals surface area contributed by atoms with Crippen molar-refractivity contribution in [3.63, 3.8) is 0 Å². The normalized spacial score (nSPS) is 11.1. The number of aryl methyl sites for hydroxylation is 1. The largest absolute Gasteiger partial charge is 0.376 e. The zero-order chi connectivity index (χ0) is 15.8. The van der Waals surface area contributed by atoms with Gasteiger partial charge in [0, 0.05) is 5.69 Å². The van der Waals surface area contributed by atoms with E-state index in [2.05, 4.69) is 34.9 Å². The molecule has 2 rings (SSSR count). The molecule has 22 heavy (non-hydrogen) atoms. The Morgan fingerprint density at radius 3 is 2.36 bits per heavy atom. The third kappa shape index (κ3) is 4.74. The number of anilines is 1. The van der Waals surface area contributed by atoms with Crippen LogP contribution in [0.3, 0.4) is 0 Å². The lowest BCUT2D eigenvalue weighted by molar-refractivity contribution is -0.119. The second kappa shape index (κ2) is 7.98. The molecule has 4 heteroatoms. The van der Waals surface area contributed by atoms with E-state index in [1.807, 2.05) is 49.4 Å². The first-order chi connectivity index (χ1) is 10.7. The summed E-state index contributed by atoms with van der Waals surface area (Å²) >= 11 is 0. The van der Waals surface area contributed by atoms with Crippen LogP contribution in [0, 0.1) is 0 Å². The Balaban J connectivity index is 1.85. The van der Waals surface area contributed by atoms with Crippen molar-refractivity contribution >= 4 is 17.3 Å². The van der Waals surface area contributed by atoms with Gasteiger partial charge < -0.3 is 5.32 Å². The maximum Gasteiger partial charge on any atom is 0.259 e. The third-order valence-corrected chi connectivity index (χ3v) is 3.36. The predicted octanol–water partition coefficient (Wildman–Crippen LogP) is 3.20. The summed E-state index contributed by atoms with van der Waals surface area (Å²) in [4.78, 5) is 11.8. The van der Waals surface area contributed by atoms with Crippen molar-refractivity contribution in [3.8, 4) is 0 Å². The molecule has 0 fully saturated rings. The van der Waals surface area contributed by atoms with E-state index in [-0.39, 0.29) is 12.5 Å². The lowest BCUT2D eigenvalue weighted by Crippen LogP contribution is -2.26. The van der Waals surface area contributed by atoms with Crippen molar-refractivity contribution in [2.45, 2.75) is 20.3 Å². The van der Waals surface area contributed by atoms with Gasteiger partial charge in [-0.2, -0.15) is 5.10 Å². The number of carbonyl (C=O) groups is 1. The highest BCUT2D eigenvalue weighted by Crippen LogP contribution is 2.06. The zero-order valence-electron chi connectivity index (χ0n) is 13.0. The summed E-state index contributed by atoms with van der Waals surface area (Å²) in [6.45, 7) is 4.19. The van der Waals surface area contributed by atoms with Gasteiger partial charge in [-0.15, -0.1) is 0 Å². The van der Waals surface area contributed by atoms with Crippen LogP contribution >= 0.6 is 0 Å². The maximum absolute atomic E-state index is 11.8. The highest BCUT2D eigenvalue weighted by molar-refractivity contribution is 5.99. The molecule has 0 saturated heterocycles. The predicted molar refractivity (Wildman–Crippen MR) is 91.1 cm³/mol. The van der Waals surface area contributed by atoms with Crippen LogP contribution in [0.1, 0.15) is 25.0 Å². The SMILES string of the molecule is CCc1ccc(/C(C)=N/NC(=O)CNc2ccccc2)cc1. The molecular weight excluding hydrogens is 274 g/mol. The van der Waals surface area contributed by atoms with Gasteiger partial charge in [0.15, 0.2) is 0 Å². The summed E-state index contributed by atoms with van der Waals surface area (Å²) < 4.78 is 0. The molecule has 0 aliphatic carbocycles. The Kier molecular flexibility index (Phi) is 5.72. The number of rotatable bonds is 6. The maximum atomic E-state index is 11.8. The first-order valence-corrected chi connectivity index (χ1v) is 7.40. The minimum absolute atomic E-state index is 0.173. The number of nitrogens with one attached hydrogen (secondary N) is 2. The number of amides is 1. The van der Waals surface area contributed by atoms with Crippen molar-refractivity contribution in [2.24, 2.45) is 5.10 Å². The standard InChI is InChI=1S/C18H21N3O/c1-3-15-9-11-16(12-10-15)14(2)20-21-18(22)13-19-17-7-5-4-6-8-17/h4-12,19H,3,13H2,1-2H3,(H,21,22)/b20-14+. The molecular formula is C18H21N3O. The van der Waals surface area contributed by atoms with Crippen LogP contribution in [0.5, 0.6) is 0 Å². The first-order valence-electron chi connectivity index (χ1n) is 7.40. The van der Waals surface area contributed by atoms with E-state index in [4.69, 9.17) is 0 Å². The van der Waals surface area contributed by atoms with Gasteiger partial charge in [0.25, 0.3) is 5.91 Å². The van der Waals surface area contributed by atoms with Crippen LogP contribution in [-0.2, 0) is 11.2 Å². The summed E-state index contributed by atoms with van der Waals surface area (Å²) in [7, 11) is 0. The quantitative estimate of drug-likeness (QED) is 0.635. The molecule has 0 aromatic heterocycles. The van der Waals surface area contributed by atoms with Gasteiger partial charge in [-0.05, 0) is 36.6 Å². The second-order valence-electron chi connectivity index (χ2n) is 5.00. The summed E-state index contributed by atoms with van der Waals surface area (Å²) in [5.74, 6) is -0.173. The Hall–Kier alpha value is -2.62. The topological polar surface area (TPSA) is 53.5 Å². The monoisotopic (exact) mass is 295 g/mol. The van der Waals surface area contributed by atoms with E-state index >= 15 is 0 Å². The molecule has 0 aliphatic rings. The molecule has 2 aromatic rings. The molecule has 2 aromatic carbocycles. The van der Waals surface area contributed by atoms with E-state index in [0.29, 0.717) is 0 Å². The zero-order valence-corrected chi connectivity index (χ0v) is 13.0. The number of carbonyl (C=O) groups excluding carboxylic acids is 1. The van der Waals surface area contributed by atoms with E-state index < -0.39 is 0 Å². The number of hydrogen-bond acceptors (Lipinski definition) is 3. The average Bonchev–Trinajstić information content (AvgIpc) is 2.58. The molecule has 0 atom stereocenters. The molecule has 0 unspecified atom stereocenters. The molecule has 0 radical (unpaired) electrons. The molecule has 0 heterocycles. The van der Waals surface area contributed by atoms with Crippen molar-refractivity contribution < 1.29 is 4.79 Å². The lowest BCUT2D eigenvalue weighted by Gasteiger charge is -2.06. The molecule has 1 amide bonds. The van der Waals surface area contributed by atoms with Crippen LogP contribution in [-0.4, -0.2) is 18.2 Å². The number of hydrogen-bond donors (Lipinski definition) is 2. The molecule has 114 valence electrons. The Labute approximate surface area is 131 Å². The van der Waals surface area contributed by atoms with Gasteiger partial charge in [0.1, 0.15) is 0 Å². The van der Waals surface area contributed by atoms with Crippen molar-refractivity contribution in [1.82, 2.24) is 5.43 Å². The highest BCUT2D eigenvalue weighted by Gasteiger charge is 2.01.